The highest BCUT2D eigenvalue weighted by Gasteiger charge is 1.99. The third kappa shape index (κ3) is 7.69. The molecule has 0 saturated carbocycles. The van der Waals surface area contributed by atoms with Gasteiger partial charge in [0.1, 0.15) is 6.17 Å². The number of nitrogens with one attached hydrogen (secondary N) is 2. The van der Waals surface area contributed by atoms with Crippen LogP contribution in [0.5, 0.6) is 0 Å². The van der Waals surface area contributed by atoms with Crippen LogP contribution in [0.1, 0.15) is 6.42 Å². The summed E-state index contributed by atoms with van der Waals surface area (Å²) in [5, 5.41) is 6.09. The van der Waals surface area contributed by atoms with Crippen molar-refractivity contribution in [3.05, 3.63) is 0 Å². The van der Waals surface area contributed by atoms with Crippen LogP contribution in [-0.4, -0.2) is 39.9 Å². The Hall–Kier alpha value is -0.410. The van der Waals surface area contributed by atoms with Crippen LogP contribution in [0.2, 0.25) is 0 Å². The molecule has 0 amide bonds. The molecule has 0 saturated heterocycles. The van der Waals surface area contributed by atoms with Gasteiger partial charge in [-0.2, -0.15) is 0 Å². The Morgan fingerprint density at radius 3 is 2.50 bits per heavy atom. The van der Waals surface area contributed by atoms with Gasteiger partial charge < -0.3 is 5.32 Å². The topological polar surface area (TPSA) is 48.8 Å². The maximum absolute atomic E-state index is 4.03. The van der Waals surface area contributed by atoms with E-state index < -0.39 is 0 Å². The summed E-state index contributed by atoms with van der Waals surface area (Å²) < 4.78 is 0. The molecule has 0 aromatic heterocycles. The van der Waals surface area contributed by atoms with Crippen LogP contribution in [-0.2, 0) is 0 Å². The fourth-order valence-corrected chi connectivity index (χ4v) is 0.682. The first-order valence-corrected chi connectivity index (χ1v) is 3.70. The smallest absolute Gasteiger partial charge is 0.111 e. The van der Waals surface area contributed by atoms with E-state index in [-0.39, 0.29) is 18.6 Å². The Morgan fingerprint density at radius 2 is 2.08 bits per heavy atom. The van der Waals surface area contributed by atoms with E-state index in [2.05, 4.69) is 26.6 Å². The van der Waals surface area contributed by atoms with Crippen molar-refractivity contribution in [2.45, 2.75) is 12.6 Å². The molecule has 0 heterocycles. The van der Waals surface area contributed by atoms with Gasteiger partial charge in [-0.05, 0) is 27.1 Å². The summed E-state index contributed by atoms with van der Waals surface area (Å²) in [6, 6.07) is 2.57. The number of hydrogen-bond acceptors (Lipinski definition) is 4. The Labute approximate surface area is 80.0 Å². The van der Waals surface area contributed by atoms with Gasteiger partial charge in [0.15, 0.2) is 0 Å². The van der Waals surface area contributed by atoms with Gasteiger partial charge in [-0.1, -0.05) is 0 Å². The summed E-state index contributed by atoms with van der Waals surface area (Å²) >= 11 is 0. The largest absolute Gasteiger partial charge is 0.320 e. The molecular formula is C7H17ClN4. The molecule has 0 aromatic rings. The third-order valence-corrected chi connectivity index (χ3v) is 1.31. The summed E-state index contributed by atoms with van der Waals surface area (Å²) in [6.45, 7) is 0.945. The monoisotopic (exact) mass is 192 g/mol. The van der Waals surface area contributed by atoms with Crippen molar-refractivity contribution in [1.29, 1.82) is 0 Å². The highest BCUT2D eigenvalue weighted by Crippen LogP contribution is 1.88. The zero-order chi connectivity index (χ0) is 8.53. The molecular weight excluding hydrogens is 176 g/mol. The molecule has 0 aromatic carbocycles. The standard InChI is InChI=1S/C7H16N4.ClH/c1-8-5-4-7(10-3)11-6-9-2;/h7-8,10H,4-5H2,1-3H3;1H. The van der Waals surface area contributed by atoms with Gasteiger partial charge in [-0.15, -0.1) is 12.4 Å². The zero-order valence-electron chi connectivity index (χ0n) is 7.79. The lowest BCUT2D eigenvalue weighted by Gasteiger charge is -2.07. The first-order valence-electron chi connectivity index (χ1n) is 3.70. The first kappa shape index (κ1) is 14.1. The van der Waals surface area contributed by atoms with Crippen LogP contribution in [0.4, 0.5) is 0 Å². The third-order valence-electron chi connectivity index (χ3n) is 1.31. The van der Waals surface area contributed by atoms with E-state index in [4.69, 9.17) is 0 Å². The van der Waals surface area contributed by atoms with Crippen molar-refractivity contribution in [2.75, 3.05) is 27.7 Å². The van der Waals surface area contributed by atoms with Gasteiger partial charge in [0.25, 0.3) is 0 Å². The molecule has 0 rings (SSSR count). The average Bonchev–Trinajstić information content (AvgIpc) is 2.05. The first-order chi connectivity index (χ1) is 5.35. The summed E-state index contributed by atoms with van der Waals surface area (Å²) in [6.07, 6.45) is 1.08. The molecule has 72 valence electrons. The molecule has 2 N–H and O–H groups in total. The molecule has 0 radical (unpaired) electrons. The number of nitrogens with zero attached hydrogens (tertiary/aromatic N) is 2. The van der Waals surface area contributed by atoms with E-state index >= 15 is 0 Å². The van der Waals surface area contributed by atoms with Crippen molar-refractivity contribution in [2.24, 2.45) is 9.98 Å². The van der Waals surface area contributed by atoms with Gasteiger partial charge >= 0.3 is 0 Å². The Morgan fingerprint density at radius 1 is 1.42 bits per heavy atom. The Balaban J connectivity index is 0. The van der Waals surface area contributed by atoms with Crippen LogP contribution in [0.15, 0.2) is 9.98 Å². The molecule has 0 bridgehead atoms. The SMILES string of the molecule is CN=C=NC(CCNC)NC.Cl. The number of hydrogen-bond donors (Lipinski definition) is 2. The van der Waals surface area contributed by atoms with Gasteiger partial charge in [-0.25, -0.2) is 9.98 Å². The Kier molecular flexibility index (Phi) is 12.5. The fourth-order valence-electron chi connectivity index (χ4n) is 0.682. The van der Waals surface area contributed by atoms with Gasteiger partial charge in [-0.3, -0.25) is 5.32 Å². The minimum absolute atomic E-state index is 0. The second-order valence-corrected chi connectivity index (χ2v) is 2.15. The summed E-state index contributed by atoms with van der Waals surface area (Å²) in [5.41, 5.74) is 0. The van der Waals surface area contributed by atoms with E-state index in [0.717, 1.165) is 13.0 Å². The highest BCUT2D eigenvalue weighted by atomic mass is 35.5. The maximum atomic E-state index is 4.03. The molecule has 1 unspecified atom stereocenters. The van der Waals surface area contributed by atoms with E-state index in [0.29, 0.717) is 0 Å². The van der Waals surface area contributed by atoms with E-state index in [9.17, 15) is 0 Å². The summed E-state index contributed by atoms with van der Waals surface area (Å²) in [5.74, 6) is 0. The minimum Gasteiger partial charge on any atom is -0.320 e. The van der Waals surface area contributed by atoms with Crippen molar-refractivity contribution >= 4 is 18.4 Å². The van der Waals surface area contributed by atoms with Gasteiger partial charge in [0.05, 0.1) is 6.01 Å². The lowest BCUT2D eigenvalue weighted by Crippen LogP contribution is -2.26. The molecule has 0 aliphatic rings. The molecule has 0 aliphatic carbocycles. The molecule has 0 spiro atoms. The zero-order valence-corrected chi connectivity index (χ0v) is 8.61. The molecule has 1 atom stereocenters. The van der Waals surface area contributed by atoms with E-state index in [1.165, 1.54) is 0 Å². The van der Waals surface area contributed by atoms with Crippen LogP contribution in [0, 0.1) is 0 Å². The predicted octanol–water partition coefficient (Wildman–Crippen LogP) is 0.367. The normalized spacial score (nSPS) is 10.9. The lowest BCUT2D eigenvalue weighted by atomic mass is 10.3. The maximum Gasteiger partial charge on any atom is 0.111 e. The minimum atomic E-state index is 0. The Bertz CT molecular complexity index is 142. The quantitative estimate of drug-likeness (QED) is 0.619. The number of aliphatic imine (C=N–C) groups is 2. The van der Waals surface area contributed by atoms with Crippen molar-refractivity contribution in [1.82, 2.24) is 10.6 Å². The highest BCUT2D eigenvalue weighted by molar-refractivity contribution is 5.85. The lowest BCUT2D eigenvalue weighted by molar-refractivity contribution is 0.531. The molecule has 5 heteroatoms. The van der Waals surface area contributed by atoms with Crippen LogP contribution in [0.25, 0.3) is 0 Å². The molecule has 0 fully saturated rings. The molecule has 0 aliphatic heterocycles. The predicted molar refractivity (Wildman–Crippen MR) is 54.4 cm³/mol. The molecule has 4 nitrogen and oxygen atoms in total. The van der Waals surface area contributed by atoms with Gasteiger partial charge in [0.2, 0.25) is 0 Å². The summed E-state index contributed by atoms with van der Waals surface area (Å²) in [7, 11) is 5.46. The van der Waals surface area contributed by atoms with Crippen LogP contribution >= 0.6 is 12.4 Å². The van der Waals surface area contributed by atoms with Crippen LogP contribution < -0.4 is 10.6 Å². The van der Waals surface area contributed by atoms with E-state index in [1.807, 2.05) is 14.1 Å². The fraction of sp³-hybridized carbons (Fsp3) is 0.857. The molecule has 12 heavy (non-hydrogen) atoms. The summed E-state index contributed by atoms with van der Waals surface area (Å²) in [4.78, 5) is 7.68. The second kappa shape index (κ2) is 10.6. The van der Waals surface area contributed by atoms with Crippen LogP contribution in [0.3, 0.4) is 0 Å². The van der Waals surface area contributed by atoms with Crippen molar-refractivity contribution < 1.29 is 0 Å². The number of rotatable bonds is 5. The van der Waals surface area contributed by atoms with Crippen molar-refractivity contribution in [3.63, 3.8) is 0 Å². The van der Waals surface area contributed by atoms with Gasteiger partial charge in [0, 0.05) is 7.05 Å². The number of halogens is 1. The average molecular weight is 193 g/mol. The van der Waals surface area contributed by atoms with Crippen molar-refractivity contribution in [3.8, 4) is 0 Å². The second-order valence-electron chi connectivity index (χ2n) is 2.15. The van der Waals surface area contributed by atoms with E-state index in [1.54, 1.807) is 7.05 Å².